The topological polar surface area (TPSA) is 68.5 Å². The summed E-state index contributed by atoms with van der Waals surface area (Å²) in [5.41, 5.74) is 2.15. The molecule has 8 heteroatoms. The Balaban J connectivity index is 1.70. The molecule has 2 heterocycles. The minimum atomic E-state index is -0.195. The number of piperazine rings is 1. The van der Waals surface area contributed by atoms with Gasteiger partial charge in [-0.25, -0.2) is 4.68 Å². The summed E-state index contributed by atoms with van der Waals surface area (Å²) in [6, 6.07) is 16.6. The fourth-order valence-electron chi connectivity index (χ4n) is 4.37. The van der Waals surface area contributed by atoms with Gasteiger partial charge in [0.15, 0.2) is 17.3 Å². The first-order valence-electron chi connectivity index (χ1n) is 11.5. The van der Waals surface area contributed by atoms with E-state index >= 15 is 0 Å². The zero-order valence-corrected chi connectivity index (χ0v) is 20.2. The van der Waals surface area contributed by atoms with Crippen LogP contribution in [0.2, 0.25) is 0 Å². The van der Waals surface area contributed by atoms with Crippen molar-refractivity contribution in [3.63, 3.8) is 0 Å². The molecule has 3 aromatic rings. The third-order valence-corrected chi connectivity index (χ3v) is 6.70. The number of para-hydroxylation sites is 1. The molecule has 8 nitrogen and oxygen atoms in total. The molecule has 0 amide bonds. The molecule has 1 fully saturated rings. The summed E-state index contributed by atoms with van der Waals surface area (Å²) in [4.78, 5) is 4.90. The molecular weight excluding hydrogens is 416 g/mol. The van der Waals surface area contributed by atoms with Crippen LogP contribution in [0.25, 0.3) is 0 Å². The molecule has 0 radical (unpaired) electrons. The SMILES string of the molecule is CCC(C)(C)n1nnnc1[C@H](c1ccc(OC)c(OC)c1)N1CCN(c2ccccc2)CC1. The van der Waals surface area contributed by atoms with E-state index in [1.807, 2.05) is 16.8 Å². The molecule has 0 N–H and O–H groups in total. The van der Waals surface area contributed by atoms with E-state index < -0.39 is 0 Å². The lowest BCUT2D eigenvalue weighted by Crippen LogP contribution is -2.48. The lowest BCUT2D eigenvalue weighted by molar-refractivity contribution is 0.187. The smallest absolute Gasteiger partial charge is 0.173 e. The number of nitrogens with zero attached hydrogens (tertiary/aromatic N) is 6. The first-order valence-corrected chi connectivity index (χ1v) is 11.5. The molecule has 0 saturated carbocycles. The van der Waals surface area contributed by atoms with Gasteiger partial charge in [0.05, 0.1) is 25.8 Å². The summed E-state index contributed by atoms with van der Waals surface area (Å²) in [5, 5.41) is 13.0. The predicted octanol–water partition coefficient (Wildman–Crippen LogP) is 3.75. The van der Waals surface area contributed by atoms with Gasteiger partial charge in [0.2, 0.25) is 0 Å². The largest absolute Gasteiger partial charge is 0.493 e. The van der Waals surface area contributed by atoms with Crippen LogP contribution in [0.15, 0.2) is 48.5 Å². The van der Waals surface area contributed by atoms with E-state index in [-0.39, 0.29) is 11.6 Å². The van der Waals surface area contributed by atoms with Gasteiger partial charge in [-0.05, 0) is 60.5 Å². The molecule has 1 aliphatic heterocycles. The fourth-order valence-corrected chi connectivity index (χ4v) is 4.37. The molecule has 2 aromatic carbocycles. The first-order chi connectivity index (χ1) is 16.0. The third kappa shape index (κ3) is 4.66. The van der Waals surface area contributed by atoms with Gasteiger partial charge in [-0.15, -0.1) is 5.10 Å². The van der Waals surface area contributed by atoms with Crippen molar-refractivity contribution in [2.45, 2.75) is 38.8 Å². The van der Waals surface area contributed by atoms with Crippen molar-refractivity contribution in [3.05, 3.63) is 59.9 Å². The molecule has 1 aliphatic rings. The molecule has 0 bridgehead atoms. The number of anilines is 1. The third-order valence-electron chi connectivity index (χ3n) is 6.70. The second-order valence-electron chi connectivity index (χ2n) is 8.99. The van der Waals surface area contributed by atoms with Crippen molar-refractivity contribution in [2.24, 2.45) is 0 Å². The van der Waals surface area contributed by atoms with Crippen LogP contribution in [-0.2, 0) is 5.54 Å². The number of tetrazole rings is 1. The highest BCUT2D eigenvalue weighted by atomic mass is 16.5. The van der Waals surface area contributed by atoms with Gasteiger partial charge in [-0.3, -0.25) is 4.90 Å². The highest BCUT2D eigenvalue weighted by molar-refractivity contribution is 5.47. The summed E-state index contributed by atoms with van der Waals surface area (Å²) >= 11 is 0. The Labute approximate surface area is 196 Å². The summed E-state index contributed by atoms with van der Waals surface area (Å²) in [7, 11) is 3.32. The number of aromatic nitrogens is 4. The highest BCUT2D eigenvalue weighted by Crippen LogP contribution is 2.36. The molecule has 1 saturated heterocycles. The van der Waals surface area contributed by atoms with Crippen molar-refractivity contribution >= 4 is 5.69 Å². The molecular formula is C25H34N6O2. The maximum absolute atomic E-state index is 5.62. The van der Waals surface area contributed by atoms with Gasteiger partial charge < -0.3 is 14.4 Å². The minimum absolute atomic E-state index is 0.0939. The van der Waals surface area contributed by atoms with Gasteiger partial charge in [0, 0.05) is 31.9 Å². The molecule has 176 valence electrons. The van der Waals surface area contributed by atoms with Crippen LogP contribution in [0.1, 0.15) is 44.6 Å². The Morgan fingerprint density at radius 3 is 2.27 bits per heavy atom. The summed E-state index contributed by atoms with van der Waals surface area (Å²) < 4.78 is 13.1. The van der Waals surface area contributed by atoms with Crippen LogP contribution < -0.4 is 14.4 Å². The van der Waals surface area contributed by atoms with E-state index in [9.17, 15) is 0 Å². The van der Waals surface area contributed by atoms with Crippen molar-refractivity contribution in [2.75, 3.05) is 45.3 Å². The van der Waals surface area contributed by atoms with Gasteiger partial charge in [-0.2, -0.15) is 0 Å². The maximum Gasteiger partial charge on any atom is 0.173 e. The van der Waals surface area contributed by atoms with Crippen LogP contribution >= 0.6 is 0 Å². The molecule has 33 heavy (non-hydrogen) atoms. The predicted molar refractivity (Wildman–Crippen MR) is 129 cm³/mol. The van der Waals surface area contributed by atoms with E-state index in [2.05, 4.69) is 82.5 Å². The molecule has 4 rings (SSSR count). The van der Waals surface area contributed by atoms with E-state index in [4.69, 9.17) is 9.47 Å². The number of hydrogen-bond acceptors (Lipinski definition) is 7. The number of rotatable bonds is 8. The van der Waals surface area contributed by atoms with Gasteiger partial charge in [0.25, 0.3) is 0 Å². The standard InChI is InChI=1S/C25H34N6O2/c1-6-25(2,3)31-24(26-27-28-31)23(19-12-13-21(32-4)22(18-19)33-5)30-16-14-29(15-17-30)20-10-8-7-9-11-20/h7-13,18,23H,6,14-17H2,1-5H3/t23-/m0/s1. The van der Waals surface area contributed by atoms with Crippen LogP contribution in [0.4, 0.5) is 5.69 Å². The summed E-state index contributed by atoms with van der Waals surface area (Å²) in [6.45, 7) is 10.2. The molecule has 0 aliphatic carbocycles. The van der Waals surface area contributed by atoms with E-state index in [1.54, 1.807) is 14.2 Å². The Bertz CT molecular complexity index is 1040. The Hall–Kier alpha value is -3.13. The van der Waals surface area contributed by atoms with E-state index in [1.165, 1.54) is 5.69 Å². The molecule has 1 aromatic heterocycles. The van der Waals surface area contributed by atoms with Crippen LogP contribution in [-0.4, -0.2) is 65.5 Å². The zero-order valence-electron chi connectivity index (χ0n) is 20.2. The summed E-state index contributed by atoms with van der Waals surface area (Å²) in [6.07, 6.45) is 0.922. The fraction of sp³-hybridized carbons (Fsp3) is 0.480. The molecule has 0 unspecified atom stereocenters. The second kappa shape index (κ2) is 9.79. The van der Waals surface area contributed by atoms with Crippen molar-refractivity contribution in [1.82, 2.24) is 25.1 Å². The number of ether oxygens (including phenoxy) is 2. The van der Waals surface area contributed by atoms with Crippen LogP contribution in [0.5, 0.6) is 11.5 Å². The highest BCUT2D eigenvalue weighted by Gasteiger charge is 2.34. The van der Waals surface area contributed by atoms with Crippen molar-refractivity contribution in [3.8, 4) is 11.5 Å². The van der Waals surface area contributed by atoms with Crippen molar-refractivity contribution in [1.29, 1.82) is 0 Å². The van der Waals surface area contributed by atoms with Crippen molar-refractivity contribution < 1.29 is 9.47 Å². The van der Waals surface area contributed by atoms with Crippen LogP contribution in [0, 0.1) is 0 Å². The Morgan fingerprint density at radius 1 is 0.939 bits per heavy atom. The van der Waals surface area contributed by atoms with Crippen LogP contribution in [0.3, 0.4) is 0 Å². The monoisotopic (exact) mass is 450 g/mol. The van der Waals surface area contributed by atoms with Gasteiger partial charge in [-0.1, -0.05) is 31.2 Å². The minimum Gasteiger partial charge on any atom is -0.493 e. The lowest BCUT2D eigenvalue weighted by Gasteiger charge is -2.40. The van der Waals surface area contributed by atoms with Gasteiger partial charge >= 0.3 is 0 Å². The number of hydrogen-bond donors (Lipinski definition) is 0. The van der Waals surface area contributed by atoms with E-state index in [0.29, 0.717) is 11.5 Å². The zero-order chi connectivity index (χ0) is 23.4. The Kier molecular flexibility index (Phi) is 6.83. The average Bonchev–Trinajstić information content (AvgIpc) is 3.35. The second-order valence-corrected chi connectivity index (χ2v) is 8.99. The number of benzene rings is 2. The summed E-state index contributed by atoms with van der Waals surface area (Å²) in [5.74, 6) is 2.27. The first kappa shape index (κ1) is 23.0. The molecule has 0 spiro atoms. The van der Waals surface area contributed by atoms with E-state index in [0.717, 1.165) is 44.0 Å². The average molecular weight is 451 g/mol. The Morgan fingerprint density at radius 2 is 1.64 bits per heavy atom. The molecule has 1 atom stereocenters. The number of methoxy groups -OCH3 is 2. The normalized spacial score (nSPS) is 16.0. The lowest BCUT2D eigenvalue weighted by atomic mass is 9.98. The maximum atomic E-state index is 5.62. The quantitative estimate of drug-likeness (QED) is 0.518. The van der Waals surface area contributed by atoms with Gasteiger partial charge in [0.1, 0.15) is 0 Å².